The van der Waals surface area contributed by atoms with Crippen LogP contribution in [0.5, 0.6) is 0 Å². The number of carboxylic acids is 1. The molecule has 31 heavy (non-hydrogen) atoms. The molecule has 0 unspecified atom stereocenters. The average molecular weight is 431 g/mol. The number of aliphatic carboxylic acids is 1. The highest BCUT2D eigenvalue weighted by molar-refractivity contribution is 5.77. The fraction of sp³-hybridized carbons (Fsp3) is 0.800. The summed E-state index contributed by atoms with van der Waals surface area (Å²) in [7, 11) is 0. The summed E-state index contributed by atoms with van der Waals surface area (Å²) in [5.41, 5.74) is 2.42. The number of hydrogen-bond donors (Lipinski definition) is 2. The Bertz CT molecular complexity index is 795. The smallest absolute Gasteiger partial charge is 0.303 e. The van der Waals surface area contributed by atoms with Gasteiger partial charge in [-0.1, -0.05) is 25.9 Å². The lowest BCUT2D eigenvalue weighted by atomic mass is 9.66. The lowest BCUT2D eigenvalue weighted by Gasteiger charge is -2.38. The molecule has 1 atom stereocenters. The number of nitrogens with one attached hydrogen (secondary N) is 1. The van der Waals surface area contributed by atoms with Crippen LogP contribution < -0.4 is 5.32 Å². The van der Waals surface area contributed by atoms with Crippen LogP contribution >= 0.6 is 0 Å². The maximum atomic E-state index is 12.6. The van der Waals surface area contributed by atoms with Crippen LogP contribution in [-0.4, -0.2) is 28.2 Å². The van der Waals surface area contributed by atoms with Gasteiger partial charge in [-0.2, -0.15) is 0 Å². The van der Waals surface area contributed by atoms with Crippen LogP contribution in [0.3, 0.4) is 0 Å². The molecule has 1 heterocycles. The monoisotopic (exact) mass is 430 g/mol. The van der Waals surface area contributed by atoms with Crippen LogP contribution in [0.1, 0.15) is 126 Å². The van der Waals surface area contributed by atoms with Gasteiger partial charge in [-0.15, -0.1) is 0 Å². The van der Waals surface area contributed by atoms with Gasteiger partial charge in [0.25, 0.3) is 0 Å². The number of nitrogens with zero attached hydrogens (tertiary/aromatic N) is 1. The largest absolute Gasteiger partial charge is 0.481 e. The number of carbonyl (C=O) groups excluding carboxylic acids is 1. The maximum absolute atomic E-state index is 12.6. The maximum Gasteiger partial charge on any atom is 0.303 e. The second-order valence-electron chi connectivity index (χ2n) is 11.4. The number of amides is 1. The molecule has 0 aliphatic heterocycles. The summed E-state index contributed by atoms with van der Waals surface area (Å²) in [5.74, 6) is 1.66. The van der Waals surface area contributed by atoms with E-state index < -0.39 is 5.97 Å². The van der Waals surface area contributed by atoms with Gasteiger partial charge in [0.2, 0.25) is 5.91 Å². The summed E-state index contributed by atoms with van der Waals surface area (Å²) in [6, 6.07) is 0.290. The molecule has 172 valence electrons. The van der Waals surface area contributed by atoms with Crippen molar-refractivity contribution in [2.75, 3.05) is 0 Å². The van der Waals surface area contributed by atoms with Crippen molar-refractivity contribution in [3.05, 3.63) is 17.0 Å². The first-order valence-electron chi connectivity index (χ1n) is 12.2. The Labute approximate surface area is 185 Å². The van der Waals surface area contributed by atoms with E-state index in [2.05, 4.69) is 31.2 Å². The van der Waals surface area contributed by atoms with Crippen molar-refractivity contribution in [2.45, 2.75) is 115 Å². The van der Waals surface area contributed by atoms with Gasteiger partial charge in [0, 0.05) is 36.3 Å². The lowest BCUT2D eigenvalue weighted by molar-refractivity contribution is -0.137. The second-order valence-corrected chi connectivity index (χ2v) is 11.4. The minimum atomic E-state index is -0.829. The molecule has 1 aromatic rings. The van der Waals surface area contributed by atoms with Gasteiger partial charge in [0.15, 0.2) is 0 Å². The van der Waals surface area contributed by atoms with Crippen molar-refractivity contribution in [1.82, 2.24) is 10.5 Å². The zero-order valence-corrected chi connectivity index (χ0v) is 19.3. The molecule has 4 rings (SSSR count). The number of hydrogen-bond acceptors (Lipinski definition) is 4. The van der Waals surface area contributed by atoms with E-state index >= 15 is 0 Å². The van der Waals surface area contributed by atoms with E-state index in [1.807, 2.05) is 0 Å². The molecular formula is C25H38N2O4. The zero-order chi connectivity index (χ0) is 22.2. The van der Waals surface area contributed by atoms with Gasteiger partial charge in [-0.05, 0) is 75.0 Å². The molecule has 0 bridgehead atoms. The van der Waals surface area contributed by atoms with E-state index in [1.165, 1.54) is 18.4 Å². The molecular weight excluding hydrogens is 392 g/mol. The van der Waals surface area contributed by atoms with Crippen LogP contribution in [0.15, 0.2) is 4.52 Å². The summed E-state index contributed by atoms with van der Waals surface area (Å²) >= 11 is 0. The van der Waals surface area contributed by atoms with Crippen molar-refractivity contribution >= 4 is 11.9 Å². The first kappa shape index (κ1) is 22.3. The van der Waals surface area contributed by atoms with E-state index in [-0.39, 0.29) is 24.3 Å². The summed E-state index contributed by atoms with van der Waals surface area (Å²) in [5, 5.41) is 16.8. The first-order chi connectivity index (χ1) is 14.7. The van der Waals surface area contributed by atoms with Crippen molar-refractivity contribution in [3.63, 3.8) is 0 Å². The first-order valence-corrected chi connectivity index (χ1v) is 12.2. The summed E-state index contributed by atoms with van der Waals surface area (Å²) in [6.07, 6.45) is 9.83. The normalized spacial score (nSPS) is 24.9. The van der Waals surface area contributed by atoms with Crippen LogP contribution in [0.25, 0.3) is 0 Å². The van der Waals surface area contributed by atoms with Gasteiger partial charge in [-0.3, -0.25) is 9.59 Å². The number of carbonyl (C=O) groups is 2. The van der Waals surface area contributed by atoms with E-state index in [0.717, 1.165) is 55.9 Å². The van der Waals surface area contributed by atoms with Gasteiger partial charge >= 0.3 is 5.97 Å². The average Bonchev–Trinajstić information content (AvgIpc) is 3.36. The quantitative estimate of drug-likeness (QED) is 0.512. The summed E-state index contributed by atoms with van der Waals surface area (Å²) in [6.45, 7) is 6.89. The third kappa shape index (κ3) is 5.69. The minimum absolute atomic E-state index is 0.0141. The van der Waals surface area contributed by atoms with E-state index in [0.29, 0.717) is 30.1 Å². The molecule has 0 spiro atoms. The number of carboxylic acid groups (broad SMARTS) is 1. The van der Waals surface area contributed by atoms with Crippen molar-refractivity contribution in [2.24, 2.45) is 11.3 Å². The Kier molecular flexibility index (Phi) is 6.45. The number of aromatic nitrogens is 1. The highest BCUT2D eigenvalue weighted by Crippen LogP contribution is 2.53. The van der Waals surface area contributed by atoms with Gasteiger partial charge in [0.1, 0.15) is 5.76 Å². The SMILES string of the molecule is CC(C)(C)C[C@H]1C[C@@H](c2onc([C@@H](CCC(=O)O)CC(=O)NC3CCC3)c2C2CC2)C1. The Morgan fingerprint density at radius 2 is 1.87 bits per heavy atom. The fourth-order valence-corrected chi connectivity index (χ4v) is 5.37. The molecule has 0 aromatic carbocycles. The number of rotatable bonds is 10. The third-order valence-corrected chi connectivity index (χ3v) is 7.27. The standard InChI is InChI=1S/C25H38N2O4/c1-25(2,3)14-15-11-18(12-15)24-22(16-7-8-16)23(27-31-24)17(9-10-21(29)30)13-20(28)26-19-5-4-6-19/h15-19H,4-14H2,1-3H3,(H,26,28)(H,29,30)/t15-,17-,18+/m0/s1. The van der Waals surface area contributed by atoms with Crippen molar-refractivity contribution in [1.29, 1.82) is 0 Å². The summed E-state index contributed by atoms with van der Waals surface area (Å²) in [4.78, 5) is 23.9. The molecule has 3 fully saturated rings. The van der Waals surface area contributed by atoms with E-state index in [4.69, 9.17) is 4.52 Å². The van der Waals surface area contributed by atoms with Gasteiger partial charge in [-0.25, -0.2) is 0 Å². The predicted molar refractivity (Wildman–Crippen MR) is 118 cm³/mol. The van der Waals surface area contributed by atoms with Crippen LogP contribution in [0, 0.1) is 11.3 Å². The molecule has 6 nitrogen and oxygen atoms in total. The minimum Gasteiger partial charge on any atom is -0.481 e. The Morgan fingerprint density at radius 3 is 2.42 bits per heavy atom. The third-order valence-electron chi connectivity index (χ3n) is 7.27. The molecule has 0 radical (unpaired) electrons. The van der Waals surface area contributed by atoms with E-state index in [1.54, 1.807) is 0 Å². The fourth-order valence-electron chi connectivity index (χ4n) is 5.37. The zero-order valence-electron chi connectivity index (χ0n) is 19.3. The lowest BCUT2D eigenvalue weighted by Crippen LogP contribution is -2.40. The Morgan fingerprint density at radius 1 is 1.16 bits per heavy atom. The van der Waals surface area contributed by atoms with Crippen LogP contribution in [0.2, 0.25) is 0 Å². The molecule has 2 N–H and O–H groups in total. The predicted octanol–water partition coefficient (Wildman–Crippen LogP) is 5.49. The van der Waals surface area contributed by atoms with Crippen molar-refractivity contribution < 1.29 is 19.2 Å². The molecule has 3 saturated carbocycles. The second kappa shape index (κ2) is 8.95. The summed E-state index contributed by atoms with van der Waals surface area (Å²) < 4.78 is 5.93. The topological polar surface area (TPSA) is 92.4 Å². The van der Waals surface area contributed by atoms with Gasteiger partial charge < -0.3 is 14.9 Å². The molecule has 1 amide bonds. The van der Waals surface area contributed by atoms with Crippen LogP contribution in [-0.2, 0) is 9.59 Å². The molecule has 1 aromatic heterocycles. The van der Waals surface area contributed by atoms with E-state index in [9.17, 15) is 14.7 Å². The van der Waals surface area contributed by atoms with Crippen molar-refractivity contribution in [3.8, 4) is 0 Å². The molecule has 0 saturated heterocycles. The highest BCUT2D eigenvalue weighted by Gasteiger charge is 2.42. The Balaban J connectivity index is 1.48. The van der Waals surface area contributed by atoms with Crippen LogP contribution in [0.4, 0.5) is 0 Å². The molecule has 3 aliphatic rings. The molecule has 6 heteroatoms. The highest BCUT2D eigenvalue weighted by atomic mass is 16.5. The molecule has 3 aliphatic carbocycles. The van der Waals surface area contributed by atoms with Gasteiger partial charge in [0.05, 0.1) is 5.69 Å². The Hall–Kier alpha value is -1.85.